The number of methoxy groups -OCH3 is 1. The highest BCUT2D eigenvalue weighted by molar-refractivity contribution is 5.91. The molecular weight excluding hydrogens is 296 g/mol. The van der Waals surface area contributed by atoms with Gasteiger partial charge < -0.3 is 19.8 Å². The van der Waals surface area contributed by atoms with Crippen molar-refractivity contribution in [3.05, 3.63) is 35.4 Å². The lowest BCUT2D eigenvalue weighted by atomic mass is 10.1. The van der Waals surface area contributed by atoms with Gasteiger partial charge in [-0.1, -0.05) is 13.8 Å². The van der Waals surface area contributed by atoms with Crippen molar-refractivity contribution in [3.8, 4) is 5.88 Å². The van der Waals surface area contributed by atoms with Gasteiger partial charge in [-0.25, -0.2) is 4.68 Å². The van der Waals surface area contributed by atoms with Crippen LogP contribution in [0, 0.1) is 0 Å². The molecular formula is C16H24N4O3. The average Bonchev–Trinajstić information content (AvgIpc) is 3.14. The van der Waals surface area contributed by atoms with Crippen LogP contribution in [0.1, 0.15) is 41.6 Å². The molecule has 0 unspecified atom stereocenters. The van der Waals surface area contributed by atoms with Gasteiger partial charge in [0.1, 0.15) is 0 Å². The minimum absolute atomic E-state index is 0.210. The first kappa shape index (κ1) is 17.1. The lowest BCUT2D eigenvalue weighted by Crippen LogP contribution is -2.31. The SMILES string of the molecule is COc1c(CNCCNC(=O)c2ccco2)c(C(C)C)nn1C. The number of carbonyl (C=O) groups is 1. The number of aryl methyl sites for hydroxylation is 1. The van der Waals surface area contributed by atoms with E-state index in [1.165, 1.54) is 6.26 Å². The van der Waals surface area contributed by atoms with Crippen LogP contribution in [-0.4, -0.2) is 35.9 Å². The number of aromatic nitrogens is 2. The van der Waals surface area contributed by atoms with Crippen LogP contribution in [0.25, 0.3) is 0 Å². The second-order valence-electron chi connectivity index (χ2n) is 5.56. The van der Waals surface area contributed by atoms with Gasteiger partial charge in [0.25, 0.3) is 5.91 Å². The van der Waals surface area contributed by atoms with Crippen molar-refractivity contribution < 1.29 is 13.9 Å². The lowest BCUT2D eigenvalue weighted by Gasteiger charge is -2.09. The quantitative estimate of drug-likeness (QED) is 0.723. The number of ether oxygens (including phenoxy) is 1. The van der Waals surface area contributed by atoms with E-state index in [0.29, 0.717) is 31.3 Å². The molecule has 0 spiro atoms. The number of furan rings is 1. The predicted molar refractivity (Wildman–Crippen MR) is 86.6 cm³/mol. The third-order valence-electron chi connectivity index (χ3n) is 3.49. The van der Waals surface area contributed by atoms with E-state index in [9.17, 15) is 4.79 Å². The van der Waals surface area contributed by atoms with E-state index in [0.717, 1.165) is 17.1 Å². The normalized spacial score (nSPS) is 11.0. The molecule has 1 amide bonds. The number of hydrogen-bond acceptors (Lipinski definition) is 5. The molecule has 2 aromatic heterocycles. The standard InChI is InChI=1S/C16H24N4O3/c1-11(2)14-12(16(22-4)20(3)19-14)10-17-7-8-18-15(21)13-6-5-9-23-13/h5-6,9,11,17H,7-8,10H2,1-4H3,(H,18,21). The van der Waals surface area contributed by atoms with Gasteiger partial charge in [-0.05, 0) is 18.1 Å². The fraction of sp³-hybridized carbons (Fsp3) is 0.500. The molecule has 0 aromatic carbocycles. The molecule has 0 fully saturated rings. The van der Waals surface area contributed by atoms with Gasteiger partial charge in [0.2, 0.25) is 5.88 Å². The zero-order valence-corrected chi connectivity index (χ0v) is 14.0. The molecule has 0 bridgehead atoms. The van der Waals surface area contributed by atoms with E-state index in [2.05, 4.69) is 29.6 Å². The highest BCUT2D eigenvalue weighted by Crippen LogP contribution is 2.26. The first-order chi connectivity index (χ1) is 11.0. The Balaban J connectivity index is 1.83. The summed E-state index contributed by atoms with van der Waals surface area (Å²) in [6.07, 6.45) is 1.48. The summed E-state index contributed by atoms with van der Waals surface area (Å²) in [5.74, 6) is 1.20. The van der Waals surface area contributed by atoms with Crippen LogP contribution >= 0.6 is 0 Å². The van der Waals surface area contributed by atoms with Crippen LogP contribution in [0.15, 0.2) is 22.8 Å². The number of amides is 1. The summed E-state index contributed by atoms with van der Waals surface area (Å²) >= 11 is 0. The van der Waals surface area contributed by atoms with Crippen LogP contribution in [0.4, 0.5) is 0 Å². The van der Waals surface area contributed by atoms with Gasteiger partial charge in [0.15, 0.2) is 5.76 Å². The largest absolute Gasteiger partial charge is 0.481 e. The minimum atomic E-state index is -0.210. The topological polar surface area (TPSA) is 81.3 Å². The Morgan fingerprint density at radius 1 is 1.43 bits per heavy atom. The fourth-order valence-electron chi connectivity index (χ4n) is 2.43. The molecule has 0 saturated heterocycles. The minimum Gasteiger partial charge on any atom is -0.481 e. The molecule has 0 aliphatic rings. The summed E-state index contributed by atoms with van der Waals surface area (Å²) in [6, 6.07) is 3.33. The van der Waals surface area contributed by atoms with Gasteiger partial charge >= 0.3 is 0 Å². The van der Waals surface area contributed by atoms with E-state index >= 15 is 0 Å². The maximum Gasteiger partial charge on any atom is 0.287 e. The second-order valence-corrected chi connectivity index (χ2v) is 5.56. The van der Waals surface area contributed by atoms with E-state index in [1.54, 1.807) is 23.9 Å². The van der Waals surface area contributed by atoms with E-state index in [-0.39, 0.29) is 5.91 Å². The Labute approximate surface area is 136 Å². The molecule has 0 aliphatic heterocycles. The second kappa shape index (κ2) is 7.82. The number of nitrogens with zero attached hydrogens (tertiary/aromatic N) is 2. The molecule has 126 valence electrons. The molecule has 7 nitrogen and oxygen atoms in total. The molecule has 2 heterocycles. The van der Waals surface area contributed by atoms with Crippen molar-refractivity contribution in [2.45, 2.75) is 26.3 Å². The van der Waals surface area contributed by atoms with Crippen molar-refractivity contribution in [1.29, 1.82) is 0 Å². The monoisotopic (exact) mass is 320 g/mol. The van der Waals surface area contributed by atoms with E-state index < -0.39 is 0 Å². The van der Waals surface area contributed by atoms with Crippen molar-refractivity contribution in [3.63, 3.8) is 0 Å². The first-order valence-corrected chi connectivity index (χ1v) is 7.66. The molecule has 0 aliphatic carbocycles. The molecule has 23 heavy (non-hydrogen) atoms. The summed E-state index contributed by atoms with van der Waals surface area (Å²) in [7, 11) is 3.52. The Morgan fingerprint density at radius 3 is 2.83 bits per heavy atom. The summed E-state index contributed by atoms with van der Waals surface area (Å²) in [5, 5.41) is 10.6. The zero-order chi connectivity index (χ0) is 16.8. The van der Waals surface area contributed by atoms with Gasteiger partial charge in [-0.15, -0.1) is 0 Å². The molecule has 7 heteroatoms. The van der Waals surface area contributed by atoms with Crippen LogP contribution in [0.5, 0.6) is 5.88 Å². The Hall–Kier alpha value is -2.28. The molecule has 2 rings (SSSR count). The third kappa shape index (κ3) is 4.13. The van der Waals surface area contributed by atoms with Crippen molar-refractivity contribution >= 4 is 5.91 Å². The predicted octanol–water partition coefficient (Wildman–Crippen LogP) is 1.66. The highest BCUT2D eigenvalue weighted by Gasteiger charge is 2.18. The van der Waals surface area contributed by atoms with Crippen LogP contribution in [-0.2, 0) is 13.6 Å². The molecule has 2 aromatic rings. The van der Waals surface area contributed by atoms with Gasteiger partial charge in [0, 0.05) is 26.7 Å². The van der Waals surface area contributed by atoms with Gasteiger partial charge in [-0.3, -0.25) is 4.79 Å². The highest BCUT2D eigenvalue weighted by atomic mass is 16.5. The van der Waals surface area contributed by atoms with Gasteiger partial charge in [0.05, 0.1) is 24.6 Å². The number of rotatable bonds is 8. The van der Waals surface area contributed by atoms with E-state index in [4.69, 9.17) is 9.15 Å². The Morgan fingerprint density at radius 2 is 2.22 bits per heavy atom. The summed E-state index contributed by atoms with van der Waals surface area (Å²) in [6.45, 7) is 6.01. The third-order valence-corrected chi connectivity index (χ3v) is 3.49. The Kier molecular flexibility index (Phi) is 5.81. The molecule has 0 saturated carbocycles. The maximum atomic E-state index is 11.7. The number of hydrogen-bond donors (Lipinski definition) is 2. The lowest BCUT2D eigenvalue weighted by molar-refractivity contribution is 0.0926. The van der Waals surface area contributed by atoms with Crippen LogP contribution in [0.3, 0.4) is 0 Å². The summed E-state index contributed by atoms with van der Waals surface area (Å²) in [4.78, 5) is 11.7. The smallest absolute Gasteiger partial charge is 0.287 e. The van der Waals surface area contributed by atoms with Crippen LogP contribution < -0.4 is 15.4 Å². The van der Waals surface area contributed by atoms with Crippen LogP contribution in [0.2, 0.25) is 0 Å². The first-order valence-electron chi connectivity index (χ1n) is 7.66. The summed E-state index contributed by atoms with van der Waals surface area (Å²) < 4.78 is 12.2. The Bertz CT molecular complexity index is 632. The van der Waals surface area contributed by atoms with Crippen molar-refractivity contribution in [2.24, 2.45) is 7.05 Å². The molecule has 0 atom stereocenters. The van der Waals surface area contributed by atoms with Crippen molar-refractivity contribution in [1.82, 2.24) is 20.4 Å². The molecule has 2 N–H and O–H groups in total. The van der Waals surface area contributed by atoms with Gasteiger partial charge in [-0.2, -0.15) is 5.10 Å². The van der Waals surface area contributed by atoms with E-state index in [1.807, 2.05) is 7.05 Å². The van der Waals surface area contributed by atoms with Crippen molar-refractivity contribution in [2.75, 3.05) is 20.2 Å². The number of carbonyl (C=O) groups excluding carboxylic acids is 1. The number of nitrogens with one attached hydrogen (secondary N) is 2. The maximum absolute atomic E-state index is 11.7. The fourth-order valence-corrected chi connectivity index (χ4v) is 2.43. The molecule has 0 radical (unpaired) electrons. The zero-order valence-electron chi connectivity index (χ0n) is 14.0. The summed E-state index contributed by atoms with van der Waals surface area (Å²) in [5.41, 5.74) is 2.08. The average molecular weight is 320 g/mol.